The molecule has 0 fully saturated rings. The Morgan fingerprint density at radius 2 is 1.87 bits per heavy atom. The number of hydrogen-bond acceptors (Lipinski definition) is 7. The molecule has 31 heavy (non-hydrogen) atoms. The minimum atomic E-state index is -3.62. The molecular weight excluding hydrogens is 458 g/mol. The number of nitro groups is 1. The summed E-state index contributed by atoms with van der Waals surface area (Å²) < 4.78 is 27.3. The molecule has 0 radical (unpaired) electrons. The van der Waals surface area contributed by atoms with Gasteiger partial charge in [-0.2, -0.15) is 0 Å². The Balaban J connectivity index is 1.63. The maximum absolute atomic E-state index is 12.5. The van der Waals surface area contributed by atoms with Crippen molar-refractivity contribution in [3.05, 3.63) is 75.7 Å². The van der Waals surface area contributed by atoms with Gasteiger partial charge in [0.25, 0.3) is 15.7 Å². The summed E-state index contributed by atoms with van der Waals surface area (Å²) in [6.45, 7) is 3.48. The summed E-state index contributed by atoms with van der Waals surface area (Å²) >= 11 is 2.42. The predicted octanol–water partition coefficient (Wildman–Crippen LogP) is 4.88. The lowest BCUT2D eigenvalue weighted by Crippen LogP contribution is -2.22. The summed E-state index contributed by atoms with van der Waals surface area (Å²) in [5.41, 5.74) is 1.44. The third-order valence-corrected chi connectivity index (χ3v) is 8.13. The number of sulfonamides is 1. The van der Waals surface area contributed by atoms with Crippen LogP contribution in [0.3, 0.4) is 0 Å². The Kier molecular flexibility index (Phi) is 6.98. The molecule has 3 rings (SSSR count). The number of thiophene rings is 1. The number of carbonyl (C=O) groups is 1. The number of nitro benzene ring substituents is 1. The number of amides is 1. The monoisotopic (exact) mass is 477 g/mol. The number of non-ortho nitro benzene ring substituents is 1. The molecule has 162 valence electrons. The second-order valence-electron chi connectivity index (χ2n) is 6.57. The molecule has 0 saturated carbocycles. The number of thioether (sulfide) groups is 1. The molecule has 0 aliphatic carbocycles. The number of benzene rings is 2. The molecule has 1 unspecified atom stereocenters. The van der Waals surface area contributed by atoms with E-state index in [1.165, 1.54) is 30.0 Å². The molecule has 1 heterocycles. The van der Waals surface area contributed by atoms with Crippen molar-refractivity contribution < 1.29 is 18.1 Å². The van der Waals surface area contributed by atoms with E-state index in [2.05, 4.69) is 10.0 Å². The Morgan fingerprint density at radius 1 is 1.16 bits per heavy atom. The van der Waals surface area contributed by atoms with E-state index < -0.39 is 20.2 Å². The molecule has 2 N–H and O–H groups in total. The highest BCUT2D eigenvalue weighted by atomic mass is 32.2. The van der Waals surface area contributed by atoms with E-state index in [-0.39, 0.29) is 15.8 Å². The third-order valence-electron chi connectivity index (χ3n) is 4.24. The Hall–Kier alpha value is -2.89. The Labute approximate surface area is 187 Å². The standard InChI is InChI=1S/C20H19N3O5S3/c1-13-5-8-16(23(25)26)12-18(13)21-20(24)14(2)30-17-9-6-15(7-10-17)22-31(27,28)19-4-3-11-29-19/h3-12,14,22H,1-2H3,(H,21,24). The molecule has 11 heteroatoms. The van der Waals surface area contributed by atoms with Crippen molar-refractivity contribution in [3.8, 4) is 0 Å². The van der Waals surface area contributed by atoms with Gasteiger partial charge in [0.05, 0.1) is 15.9 Å². The number of anilines is 2. The quantitative estimate of drug-likeness (QED) is 0.271. The van der Waals surface area contributed by atoms with Gasteiger partial charge >= 0.3 is 0 Å². The van der Waals surface area contributed by atoms with Gasteiger partial charge < -0.3 is 5.32 Å². The molecular formula is C20H19N3O5S3. The van der Waals surface area contributed by atoms with Crippen LogP contribution < -0.4 is 10.0 Å². The van der Waals surface area contributed by atoms with Crippen molar-refractivity contribution in [3.63, 3.8) is 0 Å². The van der Waals surface area contributed by atoms with Crippen molar-refractivity contribution in [1.82, 2.24) is 0 Å². The van der Waals surface area contributed by atoms with E-state index in [1.807, 2.05) is 0 Å². The summed E-state index contributed by atoms with van der Waals surface area (Å²) in [5, 5.41) is 14.9. The molecule has 0 spiro atoms. The predicted molar refractivity (Wildman–Crippen MR) is 123 cm³/mol. The smallest absolute Gasteiger partial charge is 0.271 e. The highest BCUT2D eigenvalue weighted by Crippen LogP contribution is 2.28. The number of nitrogens with one attached hydrogen (secondary N) is 2. The van der Waals surface area contributed by atoms with Crippen LogP contribution in [0.5, 0.6) is 0 Å². The average Bonchev–Trinajstić information content (AvgIpc) is 3.26. The number of carbonyl (C=O) groups excluding carboxylic acids is 1. The number of nitrogens with zero attached hydrogens (tertiary/aromatic N) is 1. The van der Waals surface area contributed by atoms with Gasteiger partial charge in [0.2, 0.25) is 5.91 Å². The largest absolute Gasteiger partial charge is 0.325 e. The van der Waals surface area contributed by atoms with Crippen molar-refractivity contribution in [2.24, 2.45) is 0 Å². The Morgan fingerprint density at radius 3 is 2.48 bits per heavy atom. The van der Waals surface area contributed by atoms with Gasteiger partial charge in [-0.1, -0.05) is 12.1 Å². The van der Waals surface area contributed by atoms with Crippen molar-refractivity contribution in [2.45, 2.75) is 28.2 Å². The van der Waals surface area contributed by atoms with Crippen molar-refractivity contribution >= 4 is 56.1 Å². The summed E-state index contributed by atoms with van der Waals surface area (Å²) in [6.07, 6.45) is 0. The molecule has 0 aliphatic rings. The molecule has 0 saturated heterocycles. The van der Waals surface area contributed by atoms with Crippen LogP contribution in [0, 0.1) is 17.0 Å². The fourth-order valence-corrected chi connectivity index (χ4v) is 5.49. The van der Waals surface area contributed by atoms with E-state index in [9.17, 15) is 23.3 Å². The topological polar surface area (TPSA) is 118 Å². The van der Waals surface area contributed by atoms with Gasteiger partial charge in [-0.3, -0.25) is 19.6 Å². The lowest BCUT2D eigenvalue weighted by atomic mass is 10.2. The SMILES string of the molecule is Cc1ccc([N+](=O)[O-])cc1NC(=O)C(C)Sc1ccc(NS(=O)(=O)c2cccs2)cc1. The first-order valence-corrected chi connectivity index (χ1v) is 12.3. The summed E-state index contributed by atoms with van der Waals surface area (Å²) in [6, 6.07) is 14.2. The molecule has 1 aromatic heterocycles. The molecule has 2 aromatic carbocycles. The van der Waals surface area contributed by atoms with E-state index in [0.717, 1.165) is 21.8 Å². The zero-order chi connectivity index (χ0) is 22.6. The number of hydrogen-bond donors (Lipinski definition) is 2. The van der Waals surface area contributed by atoms with E-state index in [0.29, 0.717) is 11.4 Å². The maximum atomic E-state index is 12.5. The lowest BCUT2D eigenvalue weighted by Gasteiger charge is -2.14. The summed E-state index contributed by atoms with van der Waals surface area (Å²) in [4.78, 5) is 23.8. The van der Waals surface area contributed by atoms with Crippen LogP contribution in [0.25, 0.3) is 0 Å². The van der Waals surface area contributed by atoms with Gasteiger partial charge in [0, 0.05) is 22.7 Å². The van der Waals surface area contributed by atoms with Crippen molar-refractivity contribution in [1.29, 1.82) is 0 Å². The first-order chi connectivity index (χ1) is 14.7. The van der Waals surface area contributed by atoms with Crippen LogP contribution in [0.1, 0.15) is 12.5 Å². The number of rotatable bonds is 8. The van der Waals surface area contributed by atoms with Crippen LogP contribution in [0.4, 0.5) is 17.1 Å². The minimum absolute atomic E-state index is 0.0956. The summed E-state index contributed by atoms with van der Waals surface area (Å²) in [7, 11) is -3.62. The molecule has 0 bridgehead atoms. The number of aryl methyl sites for hydroxylation is 1. The zero-order valence-corrected chi connectivity index (χ0v) is 19.0. The van der Waals surface area contributed by atoms with Gasteiger partial charge in [0.1, 0.15) is 4.21 Å². The highest BCUT2D eigenvalue weighted by Gasteiger charge is 2.18. The Bertz CT molecular complexity index is 1190. The molecule has 0 aliphatic heterocycles. The van der Waals surface area contributed by atoms with Gasteiger partial charge in [0.15, 0.2) is 0 Å². The zero-order valence-electron chi connectivity index (χ0n) is 16.6. The second-order valence-corrected chi connectivity index (χ2v) is 10.8. The fourth-order valence-electron chi connectivity index (χ4n) is 2.57. The van der Waals surface area contributed by atoms with E-state index in [4.69, 9.17) is 0 Å². The van der Waals surface area contributed by atoms with Gasteiger partial charge in [-0.05, 0) is 55.1 Å². The van der Waals surface area contributed by atoms with Crippen LogP contribution in [0.15, 0.2) is 69.1 Å². The van der Waals surface area contributed by atoms with Crippen LogP contribution >= 0.6 is 23.1 Å². The second kappa shape index (κ2) is 9.50. The molecule has 3 aromatic rings. The fraction of sp³-hybridized carbons (Fsp3) is 0.150. The van der Waals surface area contributed by atoms with E-state index in [1.54, 1.807) is 55.6 Å². The lowest BCUT2D eigenvalue weighted by molar-refractivity contribution is -0.384. The molecule has 1 amide bonds. The van der Waals surface area contributed by atoms with Crippen LogP contribution in [-0.4, -0.2) is 24.5 Å². The maximum Gasteiger partial charge on any atom is 0.271 e. The van der Waals surface area contributed by atoms with Crippen molar-refractivity contribution in [2.75, 3.05) is 10.0 Å². The van der Waals surface area contributed by atoms with Crippen LogP contribution in [-0.2, 0) is 14.8 Å². The van der Waals surface area contributed by atoms with Crippen LogP contribution in [0.2, 0.25) is 0 Å². The van der Waals surface area contributed by atoms with E-state index >= 15 is 0 Å². The first kappa shape index (κ1) is 22.8. The molecule has 8 nitrogen and oxygen atoms in total. The average molecular weight is 478 g/mol. The molecule has 1 atom stereocenters. The van der Waals surface area contributed by atoms with Gasteiger partial charge in [-0.15, -0.1) is 23.1 Å². The minimum Gasteiger partial charge on any atom is -0.325 e. The van der Waals surface area contributed by atoms with Gasteiger partial charge in [-0.25, -0.2) is 8.42 Å². The summed E-state index contributed by atoms with van der Waals surface area (Å²) in [5.74, 6) is -0.295. The normalized spacial score (nSPS) is 12.2. The third kappa shape index (κ3) is 5.84. The first-order valence-electron chi connectivity index (χ1n) is 9.04. The highest BCUT2D eigenvalue weighted by molar-refractivity contribution is 8.00.